The molecule has 0 radical (unpaired) electrons. The van der Waals surface area contributed by atoms with Crippen molar-refractivity contribution < 1.29 is 19.1 Å². The molecule has 0 bridgehead atoms. The molecule has 0 amide bonds. The first-order valence-electron chi connectivity index (χ1n) is 9.71. The second-order valence-electron chi connectivity index (χ2n) is 9.11. The molecule has 0 unspecified atom stereocenters. The number of carbonyl (C=O) groups excluding carboxylic acids is 3. The van der Waals surface area contributed by atoms with Gasteiger partial charge in [-0.2, -0.15) is 0 Å². The van der Waals surface area contributed by atoms with Gasteiger partial charge in [-0.1, -0.05) is 13.8 Å². The second kappa shape index (κ2) is 5.52. The lowest BCUT2D eigenvalue weighted by molar-refractivity contribution is -0.154. The Morgan fingerprint density at radius 1 is 1.08 bits per heavy atom. The highest BCUT2D eigenvalue weighted by molar-refractivity contribution is 5.92. The molecule has 0 spiro atoms. The van der Waals surface area contributed by atoms with Crippen molar-refractivity contribution in [1.82, 2.24) is 0 Å². The van der Waals surface area contributed by atoms with E-state index in [-0.39, 0.29) is 28.7 Å². The predicted octanol–water partition coefficient (Wildman–Crippen LogP) is 3.63. The zero-order valence-electron chi connectivity index (χ0n) is 15.5. The predicted molar refractivity (Wildman–Crippen MR) is 92.7 cm³/mol. The van der Waals surface area contributed by atoms with Crippen molar-refractivity contribution in [3.05, 3.63) is 11.6 Å². The van der Waals surface area contributed by atoms with Crippen LogP contribution in [-0.2, 0) is 19.1 Å². The number of Topliss-reactive ketones (excluding diaryl/α,β-unsaturated/α-hetero) is 1. The van der Waals surface area contributed by atoms with Gasteiger partial charge >= 0.3 is 5.97 Å². The standard InChI is InChI=1S/C21H28O4/c1-12(22)25-18-11-14-15-4-5-19(24)21(15,3)9-7-16(14)20(2)8-6-13(23)10-17(18)20/h10,14-16,18H,4-9,11H2,1-3H3/t14-,15-,16-,18-,20-,21-/m1/s1. The van der Waals surface area contributed by atoms with E-state index in [0.29, 0.717) is 36.4 Å². The Morgan fingerprint density at radius 3 is 2.52 bits per heavy atom. The van der Waals surface area contributed by atoms with Crippen molar-refractivity contribution in [3.63, 3.8) is 0 Å². The summed E-state index contributed by atoms with van der Waals surface area (Å²) in [6, 6.07) is 0. The summed E-state index contributed by atoms with van der Waals surface area (Å²) in [4.78, 5) is 36.3. The van der Waals surface area contributed by atoms with Crippen LogP contribution in [-0.4, -0.2) is 23.6 Å². The Balaban J connectivity index is 1.75. The van der Waals surface area contributed by atoms with Crippen molar-refractivity contribution in [2.24, 2.45) is 28.6 Å². The van der Waals surface area contributed by atoms with Crippen molar-refractivity contribution in [2.45, 2.75) is 71.8 Å². The lowest BCUT2D eigenvalue weighted by Gasteiger charge is -2.58. The van der Waals surface area contributed by atoms with Gasteiger partial charge in [-0.3, -0.25) is 14.4 Å². The van der Waals surface area contributed by atoms with Crippen LogP contribution in [0.2, 0.25) is 0 Å². The van der Waals surface area contributed by atoms with Crippen molar-refractivity contribution in [2.75, 3.05) is 0 Å². The maximum Gasteiger partial charge on any atom is 0.303 e. The minimum atomic E-state index is -0.300. The molecule has 4 rings (SSSR count). The summed E-state index contributed by atoms with van der Waals surface area (Å²) in [6.45, 7) is 5.86. The van der Waals surface area contributed by atoms with Crippen LogP contribution in [0.5, 0.6) is 0 Å². The summed E-state index contributed by atoms with van der Waals surface area (Å²) in [5, 5.41) is 0. The van der Waals surface area contributed by atoms with Crippen molar-refractivity contribution in [3.8, 4) is 0 Å². The zero-order valence-corrected chi connectivity index (χ0v) is 15.5. The average molecular weight is 344 g/mol. The minimum Gasteiger partial charge on any atom is -0.458 e. The first kappa shape index (κ1) is 17.0. The molecule has 136 valence electrons. The van der Waals surface area contributed by atoms with Crippen molar-refractivity contribution >= 4 is 17.5 Å². The van der Waals surface area contributed by atoms with Gasteiger partial charge < -0.3 is 4.74 Å². The SMILES string of the molecule is CC(=O)O[C@@H]1C[C@@H]2[C@H]3CCC(=O)[C@]3(C)CC[C@H]2[C@@]2(C)CCC(=O)C=C12. The first-order valence-corrected chi connectivity index (χ1v) is 9.71. The Labute approximate surface area is 149 Å². The molecule has 4 heteroatoms. The summed E-state index contributed by atoms with van der Waals surface area (Å²) in [5.74, 6) is 1.58. The molecule has 3 fully saturated rings. The van der Waals surface area contributed by atoms with Crippen LogP contribution >= 0.6 is 0 Å². The molecular formula is C21H28O4. The highest BCUT2D eigenvalue weighted by Gasteiger charge is 2.61. The number of fused-ring (bicyclic) bond motifs is 5. The number of hydrogen-bond acceptors (Lipinski definition) is 4. The van der Waals surface area contributed by atoms with Gasteiger partial charge in [-0.05, 0) is 66.9 Å². The van der Waals surface area contributed by atoms with Crippen LogP contribution in [0.4, 0.5) is 0 Å². The van der Waals surface area contributed by atoms with E-state index in [2.05, 4.69) is 13.8 Å². The molecule has 3 saturated carbocycles. The quantitative estimate of drug-likeness (QED) is 0.682. The molecule has 4 aliphatic carbocycles. The van der Waals surface area contributed by atoms with E-state index < -0.39 is 0 Å². The lowest BCUT2D eigenvalue weighted by atomic mass is 9.47. The highest BCUT2D eigenvalue weighted by Crippen LogP contribution is 2.64. The molecule has 0 aromatic carbocycles. The Kier molecular flexibility index (Phi) is 3.75. The summed E-state index contributed by atoms with van der Waals surface area (Å²) in [5.41, 5.74) is 0.765. The van der Waals surface area contributed by atoms with Crippen molar-refractivity contribution in [1.29, 1.82) is 0 Å². The fourth-order valence-corrected chi connectivity index (χ4v) is 6.66. The molecule has 0 saturated heterocycles. The van der Waals surface area contributed by atoms with Gasteiger partial charge in [-0.15, -0.1) is 0 Å². The molecule has 0 N–H and O–H groups in total. The van der Waals surface area contributed by atoms with Gasteiger partial charge in [0.15, 0.2) is 5.78 Å². The van der Waals surface area contributed by atoms with E-state index in [1.807, 2.05) is 0 Å². The molecule has 25 heavy (non-hydrogen) atoms. The van der Waals surface area contributed by atoms with Gasteiger partial charge in [0.05, 0.1) is 0 Å². The summed E-state index contributed by atoms with van der Waals surface area (Å²) in [6.07, 6.45) is 7.33. The summed E-state index contributed by atoms with van der Waals surface area (Å²) >= 11 is 0. The fraction of sp³-hybridized carbons (Fsp3) is 0.762. The van der Waals surface area contributed by atoms with Gasteiger partial charge in [0, 0.05) is 25.2 Å². The van der Waals surface area contributed by atoms with Gasteiger partial charge in [0.2, 0.25) is 0 Å². The molecule has 0 aromatic rings. The van der Waals surface area contributed by atoms with Crippen LogP contribution in [0.25, 0.3) is 0 Å². The molecule has 4 nitrogen and oxygen atoms in total. The monoisotopic (exact) mass is 344 g/mol. The van der Waals surface area contributed by atoms with E-state index in [1.165, 1.54) is 6.92 Å². The third-order valence-corrected chi connectivity index (χ3v) is 7.97. The van der Waals surface area contributed by atoms with Crippen LogP contribution in [0.3, 0.4) is 0 Å². The smallest absolute Gasteiger partial charge is 0.303 e. The average Bonchev–Trinajstić information content (AvgIpc) is 2.84. The number of carbonyl (C=O) groups is 3. The lowest BCUT2D eigenvalue weighted by Crippen LogP contribution is -2.54. The maximum atomic E-state index is 12.5. The zero-order chi connectivity index (χ0) is 18.0. The van der Waals surface area contributed by atoms with E-state index >= 15 is 0 Å². The van der Waals surface area contributed by atoms with E-state index in [4.69, 9.17) is 4.74 Å². The fourth-order valence-electron chi connectivity index (χ4n) is 6.66. The molecule has 6 atom stereocenters. The van der Waals surface area contributed by atoms with Gasteiger partial charge in [0.25, 0.3) is 0 Å². The largest absolute Gasteiger partial charge is 0.458 e. The van der Waals surface area contributed by atoms with E-state index in [0.717, 1.165) is 37.7 Å². The molecule has 0 heterocycles. The molecule has 0 aromatic heterocycles. The van der Waals surface area contributed by atoms with Crippen LogP contribution in [0.1, 0.15) is 65.7 Å². The normalized spacial score (nSPS) is 46.0. The highest BCUT2D eigenvalue weighted by atomic mass is 16.5. The number of rotatable bonds is 1. The number of esters is 1. The Hall–Kier alpha value is -1.45. The molecule has 4 aliphatic rings. The number of ketones is 2. The minimum absolute atomic E-state index is 0.0795. The van der Waals surface area contributed by atoms with Crippen LogP contribution in [0, 0.1) is 28.6 Å². The van der Waals surface area contributed by atoms with Crippen LogP contribution in [0.15, 0.2) is 11.6 Å². The number of hydrogen-bond donors (Lipinski definition) is 0. The van der Waals surface area contributed by atoms with E-state index in [9.17, 15) is 14.4 Å². The molecule has 0 aliphatic heterocycles. The van der Waals surface area contributed by atoms with E-state index in [1.54, 1.807) is 6.08 Å². The van der Waals surface area contributed by atoms with Gasteiger partial charge in [0.1, 0.15) is 11.9 Å². The van der Waals surface area contributed by atoms with Crippen LogP contribution < -0.4 is 0 Å². The molecular weight excluding hydrogens is 316 g/mol. The number of ether oxygens (including phenoxy) is 1. The maximum absolute atomic E-state index is 12.5. The topological polar surface area (TPSA) is 60.4 Å². The Bertz CT molecular complexity index is 677. The first-order chi connectivity index (χ1) is 11.8. The third-order valence-electron chi connectivity index (χ3n) is 7.97. The summed E-state index contributed by atoms with van der Waals surface area (Å²) < 4.78 is 5.69. The summed E-state index contributed by atoms with van der Waals surface area (Å²) in [7, 11) is 0. The van der Waals surface area contributed by atoms with Gasteiger partial charge in [-0.25, -0.2) is 0 Å². The third kappa shape index (κ3) is 2.36. The second-order valence-corrected chi connectivity index (χ2v) is 9.11. The Morgan fingerprint density at radius 2 is 1.80 bits per heavy atom.